The average Bonchev–Trinajstić information content (AvgIpc) is 3.04. The number of hydrogen-bond acceptors (Lipinski definition) is 5. The van der Waals surface area contributed by atoms with Crippen molar-refractivity contribution in [2.24, 2.45) is 0 Å². The molecule has 3 N–H and O–H groups in total. The second-order valence-electron chi connectivity index (χ2n) is 6.02. The normalized spacial score (nSPS) is 14.3. The third-order valence-corrected chi connectivity index (χ3v) is 3.95. The van der Waals surface area contributed by atoms with Crippen LogP contribution in [0.3, 0.4) is 0 Å². The first kappa shape index (κ1) is 17.6. The van der Waals surface area contributed by atoms with Gasteiger partial charge in [-0.1, -0.05) is 26.0 Å². The lowest BCUT2D eigenvalue weighted by Crippen LogP contribution is -2.30. The van der Waals surface area contributed by atoms with Crippen LogP contribution >= 0.6 is 0 Å². The fraction of sp³-hybridized carbons (Fsp3) is 0.611. The van der Waals surface area contributed by atoms with Crippen LogP contribution in [0.25, 0.3) is 0 Å². The molecule has 0 bridgehead atoms. The van der Waals surface area contributed by atoms with E-state index >= 15 is 0 Å². The van der Waals surface area contributed by atoms with Gasteiger partial charge >= 0.3 is 0 Å². The molecule has 0 fully saturated rings. The van der Waals surface area contributed by atoms with Gasteiger partial charge in [0.1, 0.15) is 12.4 Å². The molecule has 0 aliphatic heterocycles. The number of pyridine rings is 1. The summed E-state index contributed by atoms with van der Waals surface area (Å²) >= 11 is 0. The molecular weight excluding hydrogens is 288 g/mol. The predicted molar refractivity (Wildman–Crippen MR) is 97.1 cm³/mol. The Morgan fingerprint density at radius 3 is 2.57 bits per heavy atom. The fourth-order valence-corrected chi connectivity index (χ4v) is 2.88. The summed E-state index contributed by atoms with van der Waals surface area (Å²) in [7, 11) is 0. The first-order valence-corrected chi connectivity index (χ1v) is 8.76. The zero-order chi connectivity index (χ0) is 16.5. The lowest BCUT2D eigenvalue weighted by molar-refractivity contribution is 0.296. The van der Waals surface area contributed by atoms with E-state index in [1.54, 1.807) is 0 Å². The fourth-order valence-electron chi connectivity index (χ4n) is 2.88. The summed E-state index contributed by atoms with van der Waals surface area (Å²) in [6.07, 6.45) is 8.89. The molecule has 5 nitrogen and oxygen atoms in total. The van der Waals surface area contributed by atoms with E-state index in [4.69, 9.17) is 10.5 Å². The molecule has 1 aliphatic rings. The topological polar surface area (TPSA) is 63.4 Å². The highest BCUT2D eigenvalue weighted by Gasteiger charge is 2.10. The van der Waals surface area contributed by atoms with Crippen molar-refractivity contribution in [1.82, 2.24) is 10.3 Å². The van der Waals surface area contributed by atoms with Gasteiger partial charge in [-0.3, -0.25) is 0 Å². The molecule has 1 aromatic rings. The van der Waals surface area contributed by atoms with Gasteiger partial charge in [-0.05, 0) is 25.7 Å². The zero-order valence-corrected chi connectivity index (χ0v) is 14.4. The minimum absolute atomic E-state index is 0.516. The van der Waals surface area contributed by atoms with E-state index in [0.717, 1.165) is 51.0 Å². The molecule has 1 aromatic heterocycles. The first-order valence-electron chi connectivity index (χ1n) is 8.76. The number of ether oxygens (including phenoxy) is 1. The van der Waals surface area contributed by atoms with Crippen LogP contribution in [-0.2, 0) is 0 Å². The van der Waals surface area contributed by atoms with Crippen LogP contribution in [0.4, 0.5) is 11.5 Å². The maximum atomic E-state index is 5.95. The molecule has 0 atom stereocenters. The number of rotatable bonds is 10. The lowest BCUT2D eigenvalue weighted by atomic mass is 10.2. The molecule has 0 aromatic carbocycles. The van der Waals surface area contributed by atoms with Crippen LogP contribution < -0.4 is 20.7 Å². The second-order valence-corrected chi connectivity index (χ2v) is 6.02. The summed E-state index contributed by atoms with van der Waals surface area (Å²) in [6.45, 7) is 7.85. The van der Waals surface area contributed by atoms with Gasteiger partial charge in [0.05, 0.1) is 0 Å². The molecule has 0 saturated heterocycles. The third-order valence-electron chi connectivity index (χ3n) is 3.95. The van der Waals surface area contributed by atoms with Gasteiger partial charge in [-0.25, -0.2) is 0 Å². The Bertz CT molecular complexity index is 490. The number of nitrogens with one attached hydrogen (secondary N) is 1. The molecule has 0 radical (unpaired) electrons. The average molecular weight is 318 g/mol. The van der Waals surface area contributed by atoms with Crippen molar-refractivity contribution in [3.63, 3.8) is 0 Å². The second kappa shape index (κ2) is 9.40. The molecule has 1 aliphatic carbocycles. The SMILES string of the molecule is CCCN(CCC)c1cc(N)nc(OCCNC2CC=CC2)c1. The maximum Gasteiger partial charge on any atom is 0.217 e. The van der Waals surface area contributed by atoms with Crippen LogP contribution in [0.2, 0.25) is 0 Å². The van der Waals surface area contributed by atoms with E-state index in [1.165, 1.54) is 0 Å². The van der Waals surface area contributed by atoms with Crippen molar-refractivity contribution in [1.29, 1.82) is 0 Å². The number of nitrogens with zero attached hydrogens (tertiary/aromatic N) is 2. The highest BCUT2D eigenvalue weighted by atomic mass is 16.5. The van der Waals surface area contributed by atoms with Crippen molar-refractivity contribution >= 4 is 11.5 Å². The number of hydrogen-bond donors (Lipinski definition) is 2. The Hall–Kier alpha value is -1.75. The summed E-state index contributed by atoms with van der Waals surface area (Å²) in [5, 5.41) is 3.49. The Kier molecular flexibility index (Phi) is 7.20. The number of aromatic nitrogens is 1. The minimum atomic E-state index is 0.516. The Morgan fingerprint density at radius 2 is 1.91 bits per heavy atom. The van der Waals surface area contributed by atoms with Crippen molar-refractivity contribution in [3.8, 4) is 5.88 Å². The van der Waals surface area contributed by atoms with Gasteiger partial charge in [-0.2, -0.15) is 4.98 Å². The number of nitrogens with two attached hydrogens (primary N) is 1. The third kappa shape index (κ3) is 5.75. The predicted octanol–water partition coefficient (Wildman–Crippen LogP) is 2.98. The van der Waals surface area contributed by atoms with Crippen molar-refractivity contribution in [2.45, 2.75) is 45.6 Å². The van der Waals surface area contributed by atoms with E-state index in [2.05, 4.69) is 41.2 Å². The quantitative estimate of drug-likeness (QED) is 0.513. The highest BCUT2D eigenvalue weighted by Crippen LogP contribution is 2.23. The molecule has 23 heavy (non-hydrogen) atoms. The molecule has 0 unspecified atom stereocenters. The Balaban J connectivity index is 1.87. The smallest absolute Gasteiger partial charge is 0.217 e. The van der Waals surface area contributed by atoms with E-state index in [1.807, 2.05) is 12.1 Å². The summed E-state index contributed by atoms with van der Waals surface area (Å²) in [5.74, 6) is 1.13. The van der Waals surface area contributed by atoms with Gasteiger partial charge in [0.15, 0.2) is 0 Å². The lowest BCUT2D eigenvalue weighted by Gasteiger charge is -2.24. The van der Waals surface area contributed by atoms with Crippen molar-refractivity contribution in [3.05, 3.63) is 24.3 Å². The maximum absolute atomic E-state index is 5.95. The monoisotopic (exact) mass is 318 g/mol. The summed E-state index contributed by atoms with van der Waals surface area (Å²) in [4.78, 5) is 6.64. The van der Waals surface area contributed by atoms with Crippen molar-refractivity contribution in [2.75, 3.05) is 36.9 Å². The molecule has 128 valence electrons. The molecule has 1 heterocycles. The van der Waals surface area contributed by atoms with Gasteiger partial charge in [-0.15, -0.1) is 0 Å². The summed E-state index contributed by atoms with van der Waals surface area (Å²) in [5.41, 5.74) is 7.05. The van der Waals surface area contributed by atoms with Gasteiger partial charge in [0.2, 0.25) is 5.88 Å². The summed E-state index contributed by atoms with van der Waals surface area (Å²) < 4.78 is 5.79. The van der Waals surface area contributed by atoms with Crippen LogP contribution in [0.1, 0.15) is 39.5 Å². The van der Waals surface area contributed by atoms with E-state index in [0.29, 0.717) is 24.3 Å². The largest absolute Gasteiger partial charge is 0.476 e. The van der Waals surface area contributed by atoms with E-state index in [-0.39, 0.29) is 0 Å². The molecule has 0 saturated carbocycles. The van der Waals surface area contributed by atoms with E-state index in [9.17, 15) is 0 Å². The van der Waals surface area contributed by atoms with Crippen LogP contribution in [0.15, 0.2) is 24.3 Å². The standard InChI is InChI=1S/C18H30N4O/c1-3-10-22(11-4-2)16-13-17(19)21-18(14-16)23-12-9-20-15-7-5-6-8-15/h5-6,13-15,20H,3-4,7-12H2,1-2H3,(H2,19,21). The first-order chi connectivity index (χ1) is 11.2. The Morgan fingerprint density at radius 1 is 1.22 bits per heavy atom. The van der Waals surface area contributed by atoms with E-state index < -0.39 is 0 Å². The van der Waals surface area contributed by atoms with Gasteiger partial charge in [0.25, 0.3) is 0 Å². The Labute approximate surface area is 139 Å². The molecule has 2 rings (SSSR count). The molecule has 5 heteroatoms. The van der Waals surface area contributed by atoms with Gasteiger partial charge < -0.3 is 20.7 Å². The van der Waals surface area contributed by atoms with Crippen LogP contribution in [0, 0.1) is 0 Å². The minimum Gasteiger partial charge on any atom is -0.476 e. The number of anilines is 2. The van der Waals surface area contributed by atoms with Crippen LogP contribution in [0.5, 0.6) is 5.88 Å². The summed E-state index contributed by atoms with van der Waals surface area (Å²) in [6, 6.07) is 4.49. The molecular formula is C18H30N4O. The highest BCUT2D eigenvalue weighted by molar-refractivity contribution is 5.55. The van der Waals surface area contributed by atoms with Crippen molar-refractivity contribution < 1.29 is 4.74 Å². The number of nitrogen functional groups attached to an aromatic ring is 1. The van der Waals surface area contributed by atoms with Crippen LogP contribution in [-0.4, -0.2) is 37.3 Å². The van der Waals surface area contributed by atoms with Gasteiger partial charge in [0, 0.05) is 43.5 Å². The molecule has 0 spiro atoms. The zero-order valence-electron chi connectivity index (χ0n) is 14.4. The molecule has 0 amide bonds.